The van der Waals surface area contributed by atoms with Gasteiger partial charge in [0, 0.05) is 29.0 Å². The number of methoxy groups -OCH3 is 1. The fraction of sp³-hybridized carbons (Fsp3) is 0.435. The van der Waals surface area contributed by atoms with Gasteiger partial charge in [-0.2, -0.15) is 0 Å². The third kappa shape index (κ3) is 4.41. The van der Waals surface area contributed by atoms with Crippen molar-refractivity contribution in [2.24, 2.45) is 5.92 Å². The van der Waals surface area contributed by atoms with Crippen molar-refractivity contribution in [3.63, 3.8) is 0 Å². The van der Waals surface area contributed by atoms with E-state index >= 15 is 0 Å². The second-order valence-corrected chi connectivity index (χ2v) is 8.80. The summed E-state index contributed by atoms with van der Waals surface area (Å²) in [5.41, 5.74) is 3.60. The quantitative estimate of drug-likeness (QED) is 0.719. The van der Waals surface area contributed by atoms with E-state index in [2.05, 4.69) is 50.4 Å². The third-order valence-corrected chi connectivity index (χ3v) is 6.83. The predicted molar refractivity (Wildman–Crippen MR) is 116 cm³/mol. The zero-order valence-corrected chi connectivity index (χ0v) is 17.9. The molecular weight excluding hydrogens is 416 g/mol. The minimum atomic E-state index is 0.140. The number of likely N-dealkylation sites (tertiary alicyclic amines) is 1. The van der Waals surface area contributed by atoms with E-state index in [4.69, 9.17) is 4.74 Å². The maximum absolute atomic E-state index is 12.1. The van der Waals surface area contributed by atoms with Gasteiger partial charge in [0.1, 0.15) is 5.75 Å². The number of para-hydroxylation sites is 1. The number of ether oxygens (including phenoxy) is 1. The third-order valence-electron chi connectivity index (χ3n) is 6.05. The van der Waals surface area contributed by atoms with Crippen molar-refractivity contribution < 1.29 is 9.53 Å². The van der Waals surface area contributed by atoms with Gasteiger partial charge in [0.05, 0.1) is 7.11 Å². The predicted octanol–water partition coefficient (Wildman–Crippen LogP) is 4.84. The van der Waals surface area contributed by atoms with Gasteiger partial charge in [-0.05, 0) is 73.7 Å². The summed E-state index contributed by atoms with van der Waals surface area (Å²) < 4.78 is 6.54. The molecule has 4 nitrogen and oxygen atoms in total. The van der Waals surface area contributed by atoms with Gasteiger partial charge in [0.25, 0.3) is 0 Å². The Morgan fingerprint density at radius 2 is 1.96 bits per heavy atom. The highest BCUT2D eigenvalue weighted by Gasteiger charge is 2.28. The van der Waals surface area contributed by atoms with Gasteiger partial charge < -0.3 is 15.0 Å². The number of halogens is 1. The number of nitrogens with one attached hydrogen (secondary N) is 1. The van der Waals surface area contributed by atoms with Crippen molar-refractivity contribution in [1.82, 2.24) is 4.90 Å². The van der Waals surface area contributed by atoms with E-state index in [1.54, 1.807) is 7.11 Å². The number of amides is 1. The fourth-order valence-electron chi connectivity index (χ4n) is 4.50. The molecule has 2 aromatic carbocycles. The molecule has 0 saturated carbocycles. The lowest BCUT2D eigenvalue weighted by atomic mass is 9.87. The smallest absolute Gasteiger partial charge is 0.225 e. The first-order valence-electron chi connectivity index (χ1n) is 10.1. The number of benzene rings is 2. The van der Waals surface area contributed by atoms with Crippen LogP contribution in [0.25, 0.3) is 0 Å². The zero-order chi connectivity index (χ0) is 19.5. The molecule has 1 atom stereocenters. The van der Waals surface area contributed by atoms with Crippen LogP contribution in [0.15, 0.2) is 46.9 Å². The zero-order valence-electron chi connectivity index (χ0n) is 16.3. The molecule has 1 N–H and O–H groups in total. The number of anilines is 1. The van der Waals surface area contributed by atoms with Gasteiger partial charge in [0.2, 0.25) is 5.91 Å². The van der Waals surface area contributed by atoms with Crippen molar-refractivity contribution >= 4 is 27.5 Å². The molecule has 1 saturated heterocycles. The second kappa shape index (κ2) is 8.66. The van der Waals surface area contributed by atoms with E-state index in [0.29, 0.717) is 18.3 Å². The number of piperidine rings is 1. The molecule has 0 radical (unpaired) electrons. The maximum atomic E-state index is 12.1. The Balaban J connectivity index is 1.34. The summed E-state index contributed by atoms with van der Waals surface area (Å²) in [6, 6.07) is 14.5. The Morgan fingerprint density at radius 3 is 2.75 bits per heavy atom. The summed E-state index contributed by atoms with van der Waals surface area (Å²) in [5, 5.41) is 3.00. The highest BCUT2D eigenvalue weighted by molar-refractivity contribution is 9.10. The number of hydrogen-bond donors (Lipinski definition) is 1. The monoisotopic (exact) mass is 442 g/mol. The largest absolute Gasteiger partial charge is 0.497 e. The Morgan fingerprint density at radius 1 is 1.18 bits per heavy atom. The van der Waals surface area contributed by atoms with E-state index in [-0.39, 0.29) is 5.91 Å². The topological polar surface area (TPSA) is 41.6 Å². The second-order valence-electron chi connectivity index (χ2n) is 7.94. The van der Waals surface area contributed by atoms with Crippen LogP contribution in [0.1, 0.15) is 36.3 Å². The summed E-state index contributed by atoms with van der Waals surface area (Å²) in [7, 11) is 1.72. The van der Waals surface area contributed by atoms with Crippen LogP contribution in [0.5, 0.6) is 5.75 Å². The molecule has 1 amide bonds. The van der Waals surface area contributed by atoms with E-state index < -0.39 is 0 Å². The number of nitrogens with zero attached hydrogens (tertiary/aromatic N) is 1. The van der Waals surface area contributed by atoms with Crippen molar-refractivity contribution in [3.8, 4) is 5.75 Å². The summed E-state index contributed by atoms with van der Waals surface area (Å²) >= 11 is 3.68. The lowest BCUT2D eigenvalue weighted by Gasteiger charge is -2.36. The van der Waals surface area contributed by atoms with Crippen molar-refractivity contribution in [1.29, 1.82) is 0 Å². The van der Waals surface area contributed by atoms with E-state index in [1.807, 2.05) is 18.2 Å². The van der Waals surface area contributed by atoms with Crippen LogP contribution < -0.4 is 10.1 Å². The van der Waals surface area contributed by atoms with Gasteiger partial charge in [-0.15, -0.1) is 0 Å². The SMILES string of the molecule is COc1ccc(Br)c(CC2CCN(CC3CC(=O)Nc4ccccc43)CC2)c1. The molecule has 0 aromatic heterocycles. The molecule has 2 heterocycles. The van der Waals surface area contributed by atoms with Gasteiger partial charge >= 0.3 is 0 Å². The average Bonchev–Trinajstić information content (AvgIpc) is 2.71. The van der Waals surface area contributed by atoms with Crippen LogP contribution in [0, 0.1) is 5.92 Å². The number of fused-ring (bicyclic) bond motifs is 1. The molecule has 1 unspecified atom stereocenters. The highest BCUT2D eigenvalue weighted by atomic mass is 79.9. The lowest BCUT2D eigenvalue weighted by molar-refractivity contribution is -0.117. The molecule has 0 bridgehead atoms. The Labute approximate surface area is 175 Å². The minimum Gasteiger partial charge on any atom is -0.497 e. The van der Waals surface area contributed by atoms with E-state index in [9.17, 15) is 4.79 Å². The van der Waals surface area contributed by atoms with Crippen molar-refractivity contribution in [3.05, 3.63) is 58.1 Å². The summed E-state index contributed by atoms with van der Waals surface area (Å²) in [4.78, 5) is 14.6. The molecular formula is C23H27BrN2O2. The van der Waals surface area contributed by atoms with Crippen LogP contribution in [0.3, 0.4) is 0 Å². The molecule has 0 aliphatic carbocycles. The van der Waals surface area contributed by atoms with Crippen LogP contribution in [0.4, 0.5) is 5.69 Å². The molecule has 2 aromatic rings. The molecule has 2 aliphatic rings. The summed E-state index contributed by atoms with van der Waals surface area (Å²) in [6.45, 7) is 3.18. The Hall–Kier alpha value is -1.85. The van der Waals surface area contributed by atoms with Gasteiger partial charge in [-0.25, -0.2) is 0 Å². The van der Waals surface area contributed by atoms with E-state index in [1.165, 1.54) is 28.4 Å². The lowest BCUT2D eigenvalue weighted by Crippen LogP contribution is -2.39. The molecule has 2 aliphatic heterocycles. The number of hydrogen-bond acceptors (Lipinski definition) is 3. The molecule has 148 valence electrons. The maximum Gasteiger partial charge on any atom is 0.225 e. The molecule has 28 heavy (non-hydrogen) atoms. The van der Waals surface area contributed by atoms with Gasteiger partial charge in [-0.1, -0.05) is 34.1 Å². The molecule has 1 fully saturated rings. The summed E-state index contributed by atoms with van der Waals surface area (Å²) in [5.74, 6) is 2.06. The Kier molecular flexibility index (Phi) is 6.02. The van der Waals surface area contributed by atoms with Crippen molar-refractivity contribution in [2.45, 2.75) is 31.6 Å². The van der Waals surface area contributed by atoms with Crippen LogP contribution >= 0.6 is 15.9 Å². The molecule has 5 heteroatoms. The van der Waals surface area contributed by atoms with Crippen LogP contribution in [-0.2, 0) is 11.2 Å². The first-order valence-corrected chi connectivity index (χ1v) is 10.8. The Bertz CT molecular complexity index is 846. The number of rotatable bonds is 5. The van der Waals surface area contributed by atoms with Gasteiger partial charge in [-0.3, -0.25) is 4.79 Å². The summed E-state index contributed by atoms with van der Waals surface area (Å²) in [6.07, 6.45) is 4.07. The minimum absolute atomic E-state index is 0.140. The number of carbonyl (C=O) groups excluding carboxylic acids is 1. The molecule has 4 rings (SSSR count). The highest BCUT2D eigenvalue weighted by Crippen LogP contribution is 2.34. The standard InChI is InChI=1S/C23H27BrN2O2/c1-28-19-6-7-21(24)17(13-19)12-16-8-10-26(11-9-16)15-18-14-23(27)25-22-5-3-2-4-20(18)22/h2-7,13,16,18H,8-12,14-15H2,1H3,(H,25,27). The van der Waals surface area contributed by atoms with Crippen LogP contribution in [-0.4, -0.2) is 37.6 Å². The van der Waals surface area contributed by atoms with Gasteiger partial charge in [0.15, 0.2) is 0 Å². The van der Waals surface area contributed by atoms with Crippen LogP contribution in [0.2, 0.25) is 0 Å². The first kappa shape index (κ1) is 19.5. The fourth-order valence-corrected chi connectivity index (χ4v) is 4.90. The van der Waals surface area contributed by atoms with Crippen molar-refractivity contribution in [2.75, 3.05) is 32.1 Å². The van der Waals surface area contributed by atoms with E-state index in [0.717, 1.165) is 37.5 Å². The normalized spacial score (nSPS) is 20.5. The first-order chi connectivity index (χ1) is 13.6. The average molecular weight is 443 g/mol. The molecule has 0 spiro atoms. The number of carbonyl (C=O) groups is 1.